The number of hydrogen-bond donors (Lipinski definition) is 1. The lowest BCUT2D eigenvalue weighted by atomic mass is 9.87. The Kier molecular flexibility index (Phi) is 8.43. The number of carbonyl (C=O) groups is 2. The summed E-state index contributed by atoms with van der Waals surface area (Å²) < 4.78 is 41.7. The van der Waals surface area contributed by atoms with E-state index in [1.165, 1.54) is 41.9 Å². The Labute approximate surface area is 222 Å². The summed E-state index contributed by atoms with van der Waals surface area (Å²) in [5, 5.41) is 3.13. The maximum Gasteiger partial charge on any atom is 0.274 e. The molecule has 0 bridgehead atoms. The van der Waals surface area contributed by atoms with Crippen molar-refractivity contribution >= 4 is 29.1 Å². The van der Waals surface area contributed by atoms with Crippen LogP contribution in [-0.4, -0.2) is 50.3 Å². The van der Waals surface area contributed by atoms with E-state index >= 15 is 8.78 Å². The molecule has 2 atom stereocenters. The molecular formula is C27H26ClF2N3O5. The fraction of sp³-hybridized carbons (Fsp3) is 0.296. The number of carbonyl (C=O) groups excluding carboxylic acids is 2. The van der Waals surface area contributed by atoms with Crippen molar-refractivity contribution in [3.63, 3.8) is 0 Å². The number of pyridine rings is 1. The van der Waals surface area contributed by atoms with Gasteiger partial charge in [0.05, 0.1) is 19.6 Å². The van der Waals surface area contributed by atoms with Gasteiger partial charge in [0.25, 0.3) is 11.5 Å². The van der Waals surface area contributed by atoms with Gasteiger partial charge in [0.15, 0.2) is 0 Å². The van der Waals surface area contributed by atoms with E-state index in [0.717, 1.165) is 12.1 Å². The number of ether oxygens (including phenoxy) is 2. The molecule has 2 heterocycles. The number of halogens is 3. The molecule has 200 valence electrons. The first-order valence-electron chi connectivity index (χ1n) is 11.8. The molecule has 1 aromatic heterocycles. The van der Waals surface area contributed by atoms with Crippen LogP contribution in [0.25, 0.3) is 0 Å². The summed E-state index contributed by atoms with van der Waals surface area (Å²) in [7, 11) is 2.79. The molecule has 38 heavy (non-hydrogen) atoms. The van der Waals surface area contributed by atoms with Gasteiger partial charge in [-0.1, -0.05) is 11.6 Å². The number of benzene rings is 2. The molecule has 0 radical (unpaired) electrons. The van der Waals surface area contributed by atoms with E-state index < -0.39 is 40.8 Å². The third-order valence-electron chi connectivity index (χ3n) is 6.52. The van der Waals surface area contributed by atoms with Gasteiger partial charge in [0.2, 0.25) is 5.91 Å². The van der Waals surface area contributed by atoms with Crippen molar-refractivity contribution in [1.29, 1.82) is 0 Å². The van der Waals surface area contributed by atoms with E-state index in [4.69, 9.17) is 21.1 Å². The fourth-order valence-corrected chi connectivity index (χ4v) is 4.69. The topological polar surface area (TPSA) is 89.9 Å². The summed E-state index contributed by atoms with van der Waals surface area (Å²) in [6.07, 6.45) is 1.56. The average Bonchev–Trinajstić information content (AvgIpc) is 3.21. The van der Waals surface area contributed by atoms with Gasteiger partial charge in [-0.3, -0.25) is 14.4 Å². The lowest BCUT2D eigenvalue weighted by Gasteiger charge is -2.19. The van der Waals surface area contributed by atoms with Crippen molar-refractivity contribution in [3.05, 3.63) is 92.9 Å². The zero-order chi connectivity index (χ0) is 27.4. The van der Waals surface area contributed by atoms with E-state index in [1.807, 2.05) is 0 Å². The van der Waals surface area contributed by atoms with Gasteiger partial charge in [0.1, 0.15) is 23.1 Å². The largest absolute Gasteiger partial charge is 0.497 e. The van der Waals surface area contributed by atoms with Crippen LogP contribution >= 0.6 is 11.6 Å². The second-order valence-corrected chi connectivity index (χ2v) is 9.20. The smallest absolute Gasteiger partial charge is 0.274 e. The number of aromatic nitrogens is 1. The zero-order valence-corrected chi connectivity index (χ0v) is 21.5. The summed E-state index contributed by atoms with van der Waals surface area (Å²) in [5.74, 6) is -4.85. The molecular weight excluding hydrogens is 520 g/mol. The SMILES string of the molecule is COCCn1cccc(N2C[C@@H](c3c(F)cc(OC)cc3F)C(CNC(=O)c3ccc(Cl)cc3)C2=O)c1=O. The Balaban J connectivity index is 1.69. The van der Waals surface area contributed by atoms with Crippen LogP contribution in [0.1, 0.15) is 21.8 Å². The minimum Gasteiger partial charge on any atom is -0.497 e. The maximum absolute atomic E-state index is 15.1. The van der Waals surface area contributed by atoms with E-state index in [9.17, 15) is 14.4 Å². The van der Waals surface area contributed by atoms with Crippen LogP contribution in [0, 0.1) is 17.6 Å². The molecule has 2 aromatic carbocycles. The molecule has 0 saturated carbocycles. The zero-order valence-electron chi connectivity index (χ0n) is 20.7. The van der Waals surface area contributed by atoms with Crippen LogP contribution in [0.15, 0.2) is 59.5 Å². The number of amides is 2. The highest BCUT2D eigenvalue weighted by atomic mass is 35.5. The number of rotatable bonds is 9. The Morgan fingerprint density at radius 1 is 1.11 bits per heavy atom. The number of anilines is 1. The first kappa shape index (κ1) is 27.3. The summed E-state index contributed by atoms with van der Waals surface area (Å²) in [6.45, 7) is 0.166. The predicted molar refractivity (Wildman–Crippen MR) is 138 cm³/mol. The van der Waals surface area contributed by atoms with Crippen molar-refractivity contribution in [1.82, 2.24) is 9.88 Å². The van der Waals surface area contributed by atoms with Crippen molar-refractivity contribution in [2.75, 3.05) is 38.8 Å². The molecule has 3 aromatic rings. The Hall–Kier alpha value is -3.76. The second kappa shape index (κ2) is 11.7. The van der Waals surface area contributed by atoms with E-state index in [-0.39, 0.29) is 43.2 Å². The van der Waals surface area contributed by atoms with E-state index in [0.29, 0.717) is 10.6 Å². The molecule has 1 fully saturated rings. The summed E-state index contributed by atoms with van der Waals surface area (Å²) in [5.41, 5.74) is -0.389. The fourth-order valence-electron chi connectivity index (χ4n) is 4.56. The lowest BCUT2D eigenvalue weighted by molar-refractivity contribution is -0.120. The first-order valence-corrected chi connectivity index (χ1v) is 12.2. The Morgan fingerprint density at radius 2 is 1.79 bits per heavy atom. The summed E-state index contributed by atoms with van der Waals surface area (Å²) >= 11 is 5.88. The van der Waals surface area contributed by atoms with Crippen LogP contribution < -0.4 is 20.5 Å². The van der Waals surface area contributed by atoms with Gasteiger partial charge < -0.3 is 24.3 Å². The normalized spacial score (nSPS) is 17.1. The molecule has 2 amide bonds. The van der Waals surface area contributed by atoms with Gasteiger partial charge in [0, 0.05) is 67.1 Å². The molecule has 1 aliphatic heterocycles. The van der Waals surface area contributed by atoms with Crippen LogP contribution in [0.3, 0.4) is 0 Å². The molecule has 1 unspecified atom stereocenters. The Bertz CT molecular complexity index is 1370. The summed E-state index contributed by atoms with van der Waals surface area (Å²) in [6, 6.07) is 11.3. The van der Waals surface area contributed by atoms with Crippen LogP contribution in [-0.2, 0) is 16.1 Å². The van der Waals surface area contributed by atoms with Crippen molar-refractivity contribution in [3.8, 4) is 5.75 Å². The molecule has 11 heteroatoms. The third kappa shape index (κ3) is 5.56. The van der Waals surface area contributed by atoms with Crippen molar-refractivity contribution < 1.29 is 27.8 Å². The van der Waals surface area contributed by atoms with Crippen LogP contribution in [0.5, 0.6) is 5.75 Å². The highest BCUT2D eigenvalue weighted by Crippen LogP contribution is 2.39. The highest BCUT2D eigenvalue weighted by molar-refractivity contribution is 6.30. The third-order valence-corrected chi connectivity index (χ3v) is 6.78. The number of nitrogens with one attached hydrogen (secondary N) is 1. The van der Waals surface area contributed by atoms with Crippen LogP contribution in [0.2, 0.25) is 5.02 Å². The van der Waals surface area contributed by atoms with Crippen molar-refractivity contribution in [2.45, 2.75) is 12.5 Å². The number of hydrogen-bond acceptors (Lipinski definition) is 5. The van der Waals surface area contributed by atoms with Gasteiger partial charge in [-0.15, -0.1) is 0 Å². The molecule has 4 rings (SSSR count). The minimum absolute atomic E-state index is 0.0124. The van der Waals surface area contributed by atoms with Gasteiger partial charge in [-0.2, -0.15) is 0 Å². The van der Waals surface area contributed by atoms with Crippen LogP contribution in [0.4, 0.5) is 14.5 Å². The summed E-state index contributed by atoms with van der Waals surface area (Å²) in [4.78, 5) is 40.7. The minimum atomic E-state index is -1.05. The van der Waals surface area contributed by atoms with Gasteiger partial charge >= 0.3 is 0 Å². The van der Waals surface area contributed by atoms with Crippen molar-refractivity contribution in [2.24, 2.45) is 5.92 Å². The quantitative estimate of drug-likeness (QED) is 0.444. The average molecular weight is 546 g/mol. The Morgan fingerprint density at radius 3 is 2.42 bits per heavy atom. The maximum atomic E-state index is 15.1. The van der Waals surface area contributed by atoms with Gasteiger partial charge in [-0.25, -0.2) is 8.78 Å². The molecule has 0 spiro atoms. The molecule has 0 aliphatic carbocycles. The van der Waals surface area contributed by atoms with Gasteiger partial charge in [-0.05, 0) is 36.4 Å². The number of methoxy groups -OCH3 is 2. The first-order chi connectivity index (χ1) is 18.2. The number of nitrogens with zero attached hydrogens (tertiary/aromatic N) is 2. The molecule has 1 saturated heterocycles. The molecule has 1 N–H and O–H groups in total. The lowest BCUT2D eigenvalue weighted by Crippen LogP contribution is -2.38. The second-order valence-electron chi connectivity index (χ2n) is 8.77. The predicted octanol–water partition coefficient (Wildman–Crippen LogP) is 3.61. The highest BCUT2D eigenvalue weighted by Gasteiger charge is 2.45. The van der Waals surface area contributed by atoms with E-state index in [1.54, 1.807) is 24.4 Å². The molecule has 1 aliphatic rings. The standard InChI is InChI=1S/C27H26ClF2N3O5/c1-37-11-10-32-9-3-4-23(27(32)36)33-15-20(24-21(29)12-18(38-2)13-22(24)30)19(26(33)35)14-31-25(34)16-5-7-17(28)8-6-16/h3-9,12-13,19-20H,10-11,14-15H2,1-2H3,(H,31,34)/t19?,20-/m1/s1. The monoisotopic (exact) mass is 545 g/mol. The van der Waals surface area contributed by atoms with E-state index in [2.05, 4.69) is 5.32 Å². The molecule has 8 nitrogen and oxygen atoms in total.